The van der Waals surface area contributed by atoms with E-state index in [1.54, 1.807) is 42.5 Å². The molecule has 54 heavy (non-hydrogen) atoms. The molecule has 20 heteroatoms. The van der Waals surface area contributed by atoms with Gasteiger partial charge in [0.1, 0.15) is 22.9 Å². The SMILES string of the molecule is O=C1NCCc2ccc(c(Br)c2)Oc2cc(ccc2O)CCNC(=O)/C(=N/O)Cc2cc(Br)c(OS(=O)(=O)[O-])c(c2)Oc2ccc(cc2Br)C/C1=N/O.[Na+]. The minimum Gasteiger partial charge on any atom is -0.716 e. The molecule has 2 amide bonds. The van der Waals surface area contributed by atoms with Crippen molar-refractivity contribution in [3.05, 3.63) is 102 Å². The number of ether oxygens (including phenoxy) is 2. The number of aromatic hydroxyl groups is 1. The van der Waals surface area contributed by atoms with E-state index in [2.05, 4.69) is 72.9 Å². The summed E-state index contributed by atoms with van der Waals surface area (Å²) in [6, 6.07) is 17.3. The summed E-state index contributed by atoms with van der Waals surface area (Å²) in [6.07, 6.45) is 0.384. The van der Waals surface area contributed by atoms with Crippen molar-refractivity contribution < 1.29 is 81.3 Å². The first-order chi connectivity index (χ1) is 25.2. The van der Waals surface area contributed by atoms with Crippen molar-refractivity contribution in [3.8, 4) is 34.5 Å². The average Bonchev–Trinajstić information content (AvgIpc) is 3.10. The van der Waals surface area contributed by atoms with Crippen LogP contribution >= 0.6 is 47.8 Å². The van der Waals surface area contributed by atoms with E-state index in [0.29, 0.717) is 44.2 Å². The van der Waals surface area contributed by atoms with Crippen LogP contribution in [0.3, 0.4) is 0 Å². The van der Waals surface area contributed by atoms with Crippen LogP contribution in [0.2, 0.25) is 0 Å². The first kappa shape index (κ1) is 43.0. The second-order valence-electron chi connectivity index (χ2n) is 11.4. The molecule has 0 saturated carbocycles. The van der Waals surface area contributed by atoms with Gasteiger partial charge in [0, 0.05) is 25.9 Å². The fourth-order valence-electron chi connectivity index (χ4n) is 5.09. The molecule has 0 unspecified atom stereocenters. The monoisotopic (exact) mass is 960 g/mol. The van der Waals surface area contributed by atoms with Gasteiger partial charge in [-0.3, -0.25) is 9.59 Å². The van der Waals surface area contributed by atoms with Crippen molar-refractivity contribution in [2.24, 2.45) is 10.3 Å². The molecule has 4 aromatic rings. The summed E-state index contributed by atoms with van der Waals surface area (Å²) in [5.41, 5.74) is 1.89. The molecule has 0 fully saturated rings. The van der Waals surface area contributed by atoms with E-state index in [1.165, 1.54) is 24.3 Å². The number of halogens is 3. The van der Waals surface area contributed by atoms with Crippen LogP contribution in [-0.2, 0) is 45.7 Å². The molecule has 4 aromatic carbocycles. The van der Waals surface area contributed by atoms with Crippen LogP contribution in [0.15, 0.2) is 90.5 Å². The predicted molar refractivity (Wildman–Crippen MR) is 200 cm³/mol. The van der Waals surface area contributed by atoms with E-state index < -0.39 is 28.0 Å². The van der Waals surface area contributed by atoms with E-state index in [0.717, 1.165) is 5.56 Å². The smallest absolute Gasteiger partial charge is 0.716 e. The summed E-state index contributed by atoms with van der Waals surface area (Å²) in [6.45, 7) is 0.322. The summed E-state index contributed by atoms with van der Waals surface area (Å²) in [5, 5.41) is 41.6. The predicted octanol–water partition coefficient (Wildman–Crippen LogP) is 2.88. The van der Waals surface area contributed by atoms with Crippen LogP contribution in [-0.4, -0.2) is 64.8 Å². The first-order valence-corrected chi connectivity index (χ1v) is 19.1. The van der Waals surface area contributed by atoms with Crippen molar-refractivity contribution in [1.82, 2.24) is 10.6 Å². The third-order valence-corrected chi connectivity index (χ3v) is 9.82. The van der Waals surface area contributed by atoms with E-state index in [-0.39, 0.29) is 94.4 Å². The molecule has 0 atom stereocenters. The number of phenols is 1. The van der Waals surface area contributed by atoms with Crippen LogP contribution in [0, 0.1) is 0 Å². The van der Waals surface area contributed by atoms with Crippen LogP contribution in [0.5, 0.6) is 34.5 Å². The van der Waals surface area contributed by atoms with Gasteiger partial charge in [-0.1, -0.05) is 28.5 Å². The van der Waals surface area contributed by atoms with Crippen LogP contribution < -0.4 is 53.8 Å². The van der Waals surface area contributed by atoms with Crippen molar-refractivity contribution in [2.45, 2.75) is 25.7 Å². The summed E-state index contributed by atoms with van der Waals surface area (Å²) >= 11 is 10.1. The first-order valence-electron chi connectivity index (χ1n) is 15.4. The average molecular weight is 963 g/mol. The number of rotatable bonds is 2. The van der Waals surface area contributed by atoms with E-state index in [1.807, 2.05) is 0 Å². The number of carbonyl (C=O) groups excluding carboxylic acids is 2. The van der Waals surface area contributed by atoms with Crippen LogP contribution in [0.4, 0.5) is 0 Å². The minimum absolute atomic E-state index is 0. The maximum Gasteiger partial charge on any atom is 1.00 e. The third kappa shape index (κ3) is 11.7. The summed E-state index contributed by atoms with van der Waals surface area (Å²) in [7, 11) is -5.27. The third-order valence-electron chi connectivity index (χ3n) is 7.62. The molecular formula is C34H28Br3N4NaO11S. The van der Waals surface area contributed by atoms with Gasteiger partial charge < -0.3 is 44.4 Å². The van der Waals surface area contributed by atoms with Gasteiger partial charge in [0.25, 0.3) is 22.2 Å². The number of carbonyl (C=O) groups is 2. The topological polar surface area (TPSA) is 228 Å². The van der Waals surface area contributed by atoms with E-state index >= 15 is 0 Å². The number of phenolic OH excluding ortho intramolecular Hbond substituents is 1. The Labute approximate surface area is 356 Å². The number of benzene rings is 4. The molecule has 3 heterocycles. The Bertz CT molecular complexity index is 2240. The normalized spacial score (nSPS) is 15.9. The Morgan fingerprint density at radius 3 is 1.69 bits per heavy atom. The summed E-state index contributed by atoms with van der Waals surface area (Å²) in [4.78, 5) is 25.9. The molecular weight excluding hydrogens is 935 g/mol. The van der Waals surface area contributed by atoms with Gasteiger partial charge in [0.15, 0.2) is 23.0 Å². The second-order valence-corrected chi connectivity index (χ2v) is 14.9. The molecule has 0 aliphatic carbocycles. The Kier molecular flexibility index (Phi) is 15.3. The van der Waals surface area contributed by atoms with Crippen LogP contribution in [0.1, 0.15) is 22.3 Å². The maximum absolute atomic E-state index is 13.0. The van der Waals surface area contributed by atoms with Gasteiger partial charge in [-0.05, 0) is 131 Å². The van der Waals surface area contributed by atoms with Gasteiger partial charge in [-0.2, -0.15) is 0 Å². The summed E-state index contributed by atoms with van der Waals surface area (Å²) in [5.74, 6) is -1.47. The van der Waals surface area contributed by atoms with Gasteiger partial charge in [-0.25, -0.2) is 8.42 Å². The van der Waals surface area contributed by atoms with Crippen molar-refractivity contribution in [3.63, 3.8) is 0 Å². The fraction of sp³-hybridized carbons (Fsp3) is 0.176. The number of hydrogen-bond acceptors (Lipinski definition) is 13. The van der Waals surface area contributed by atoms with E-state index in [9.17, 15) is 38.1 Å². The maximum atomic E-state index is 13.0. The molecule has 8 bridgehead atoms. The number of fused-ring (bicyclic) bond motifs is 2. The van der Waals surface area contributed by atoms with Gasteiger partial charge in [0.05, 0.1) is 13.4 Å². The second kappa shape index (κ2) is 19.3. The summed E-state index contributed by atoms with van der Waals surface area (Å²) < 4.78 is 52.3. The molecule has 3 aliphatic rings. The number of oxime groups is 2. The van der Waals surface area contributed by atoms with Gasteiger partial charge in [-0.15, -0.1) is 0 Å². The number of amides is 2. The molecule has 0 saturated heterocycles. The molecule has 15 nitrogen and oxygen atoms in total. The van der Waals surface area contributed by atoms with Crippen molar-refractivity contribution >= 4 is 81.4 Å². The zero-order valence-corrected chi connectivity index (χ0v) is 35.7. The Morgan fingerprint density at radius 2 is 1.13 bits per heavy atom. The Balaban J connectivity index is 0.00000650. The van der Waals surface area contributed by atoms with Gasteiger partial charge in [0.2, 0.25) is 0 Å². The largest absolute Gasteiger partial charge is 1.00 e. The zero-order chi connectivity index (χ0) is 38.3. The molecule has 5 N–H and O–H groups in total. The number of nitrogens with one attached hydrogen (secondary N) is 2. The fourth-order valence-corrected chi connectivity index (χ4v) is 7.16. The Morgan fingerprint density at radius 1 is 0.667 bits per heavy atom. The van der Waals surface area contributed by atoms with Gasteiger partial charge >= 0.3 is 29.6 Å². The zero-order valence-electron chi connectivity index (χ0n) is 28.1. The van der Waals surface area contributed by atoms with Crippen molar-refractivity contribution in [1.29, 1.82) is 0 Å². The van der Waals surface area contributed by atoms with E-state index in [4.69, 9.17) is 9.47 Å². The quantitative estimate of drug-likeness (QED) is 0.0646. The standard InChI is InChI=1S/C34H29Br3N4O11S.Na/c35-22-11-18-2-5-28(22)50-30-16-19(1-4-27(30)42)8-10-39-34(44)26(41-46)15-21-13-24(37)32(52-53(47,48)49)31(17-21)51-29-6-3-20(12-23(29)36)14-25(40-45)33(43)38-9-7-18;/h1-6,11-13,16-17,42,45-46H,7-10,14-15H2,(H,38,43)(H,39,44)(H,47,48,49);/q;+1/p-1/b40-25-,41-26+;. The van der Waals surface area contributed by atoms with Crippen molar-refractivity contribution in [2.75, 3.05) is 13.1 Å². The number of hydrogen-bond donors (Lipinski definition) is 5. The molecule has 7 rings (SSSR count). The molecule has 0 aromatic heterocycles. The molecule has 3 aliphatic heterocycles. The molecule has 0 spiro atoms. The minimum atomic E-state index is -5.27. The molecule has 0 radical (unpaired) electrons. The van der Waals surface area contributed by atoms with Crippen LogP contribution in [0.25, 0.3) is 0 Å². The Hall–Kier alpha value is -3.69. The molecule has 278 valence electrons. The number of nitrogens with zero attached hydrogens (tertiary/aromatic N) is 2.